The molecular weight excluding hydrogens is 312 g/mol. The third-order valence-electron chi connectivity index (χ3n) is 5.06. The summed E-state index contributed by atoms with van der Waals surface area (Å²) >= 11 is 0. The molecule has 0 saturated carbocycles. The predicted molar refractivity (Wildman–Crippen MR) is 102 cm³/mol. The maximum absolute atomic E-state index is 9.55. The number of aromatic nitrogens is 2. The van der Waals surface area contributed by atoms with Crippen molar-refractivity contribution >= 4 is 11.6 Å². The second kappa shape index (κ2) is 7.00. The van der Waals surface area contributed by atoms with Crippen LogP contribution in [0.2, 0.25) is 0 Å². The molecule has 0 fully saturated rings. The monoisotopic (exact) mass is 340 g/mol. The van der Waals surface area contributed by atoms with E-state index in [0.717, 1.165) is 24.6 Å². The zero-order valence-electron chi connectivity index (χ0n) is 15.5. The minimum absolute atomic E-state index is 0.0159. The number of aliphatic hydroxyl groups excluding tert-OH is 1. The van der Waals surface area contributed by atoms with Crippen molar-refractivity contribution in [2.24, 2.45) is 5.92 Å². The molecule has 2 heterocycles. The zero-order chi connectivity index (χ0) is 18.0. The SMILES string of the molecule is CC(C)[C@@H](CO)Nc1cc(N2Cc3ccccc3CC2(C)C)ncn1. The third-order valence-corrected chi connectivity index (χ3v) is 5.06. The van der Waals surface area contributed by atoms with Gasteiger partial charge in [0.1, 0.15) is 18.0 Å². The number of nitrogens with one attached hydrogen (secondary N) is 1. The van der Waals surface area contributed by atoms with Crippen LogP contribution in [0.1, 0.15) is 38.8 Å². The van der Waals surface area contributed by atoms with Crippen LogP contribution in [-0.2, 0) is 13.0 Å². The van der Waals surface area contributed by atoms with Gasteiger partial charge in [0.25, 0.3) is 0 Å². The minimum Gasteiger partial charge on any atom is -0.394 e. The van der Waals surface area contributed by atoms with Crippen molar-refractivity contribution in [1.82, 2.24) is 9.97 Å². The number of hydrogen-bond acceptors (Lipinski definition) is 5. The molecule has 1 aromatic carbocycles. The molecule has 5 nitrogen and oxygen atoms in total. The van der Waals surface area contributed by atoms with Gasteiger partial charge < -0.3 is 15.3 Å². The summed E-state index contributed by atoms with van der Waals surface area (Å²) in [5.74, 6) is 1.99. The van der Waals surface area contributed by atoms with Crippen molar-refractivity contribution in [3.63, 3.8) is 0 Å². The van der Waals surface area contributed by atoms with Gasteiger partial charge in [-0.15, -0.1) is 0 Å². The van der Waals surface area contributed by atoms with Crippen LogP contribution >= 0.6 is 0 Å². The number of nitrogens with zero attached hydrogens (tertiary/aromatic N) is 3. The van der Waals surface area contributed by atoms with Gasteiger partial charge in [0.05, 0.1) is 12.6 Å². The lowest BCUT2D eigenvalue weighted by Gasteiger charge is -2.44. The number of benzene rings is 1. The zero-order valence-corrected chi connectivity index (χ0v) is 15.5. The molecule has 1 aromatic heterocycles. The highest BCUT2D eigenvalue weighted by molar-refractivity contribution is 5.53. The lowest BCUT2D eigenvalue weighted by Crippen LogP contribution is -2.49. The van der Waals surface area contributed by atoms with Gasteiger partial charge in [-0.1, -0.05) is 38.1 Å². The van der Waals surface area contributed by atoms with Crippen molar-refractivity contribution in [3.8, 4) is 0 Å². The van der Waals surface area contributed by atoms with E-state index in [9.17, 15) is 5.11 Å². The number of rotatable bonds is 5. The third kappa shape index (κ3) is 3.76. The van der Waals surface area contributed by atoms with E-state index in [-0.39, 0.29) is 18.2 Å². The molecule has 0 saturated heterocycles. The maximum atomic E-state index is 9.55. The van der Waals surface area contributed by atoms with Crippen LogP contribution in [0, 0.1) is 5.92 Å². The lowest BCUT2D eigenvalue weighted by molar-refractivity contribution is 0.249. The van der Waals surface area contributed by atoms with E-state index in [4.69, 9.17) is 0 Å². The van der Waals surface area contributed by atoms with E-state index in [1.165, 1.54) is 11.1 Å². The first-order valence-corrected chi connectivity index (χ1v) is 8.94. The summed E-state index contributed by atoms with van der Waals surface area (Å²) in [5.41, 5.74) is 2.75. The summed E-state index contributed by atoms with van der Waals surface area (Å²) in [4.78, 5) is 11.2. The highest BCUT2D eigenvalue weighted by Crippen LogP contribution is 2.34. The largest absolute Gasteiger partial charge is 0.394 e. The number of anilines is 2. The Balaban J connectivity index is 1.87. The topological polar surface area (TPSA) is 61.3 Å². The molecule has 0 unspecified atom stereocenters. The molecule has 1 atom stereocenters. The van der Waals surface area contributed by atoms with Gasteiger partial charge in [-0.05, 0) is 37.3 Å². The van der Waals surface area contributed by atoms with E-state index in [1.807, 2.05) is 6.07 Å². The molecule has 0 amide bonds. The summed E-state index contributed by atoms with van der Waals surface area (Å²) in [6.07, 6.45) is 2.59. The highest BCUT2D eigenvalue weighted by atomic mass is 16.3. The molecule has 2 N–H and O–H groups in total. The molecule has 2 aromatic rings. The Bertz CT molecular complexity index is 729. The minimum atomic E-state index is -0.0194. The Hall–Kier alpha value is -2.14. The summed E-state index contributed by atoms with van der Waals surface area (Å²) in [6.45, 7) is 9.60. The van der Waals surface area contributed by atoms with Crippen LogP contribution < -0.4 is 10.2 Å². The van der Waals surface area contributed by atoms with Crippen LogP contribution in [0.4, 0.5) is 11.6 Å². The van der Waals surface area contributed by atoms with E-state index in [1.54, 1.807) is 6.33 Å². The Morgan fingerprint density at radius 2 is 1.92 bits per heavy atom. The van der Waals surface area contributed by atoms with Gasteiger partial charge in [0, 0.05) is 18.2 Å². The normalized spacial score (nSPS) is 17.3. The van der Waals surface area contributed by atoms with Crippen molar-refractivity contribution in [3.05, 3.63) is 47.8 Å². The summed E-state index contributed by atoms with van der Waals surface area (Å²) < 4.78 is 0. The van der Waals surface area contributed by atoms with E-state index >= 15 is 0 Å². The van der Waals surface area contributed by atoms with E-state index in [2.05, 4.69) is 72.1 Å². The van der Waals surface area contributed by atoms with Gasteiger partial charge in [0.2, 0.25) is 0 Å². The van der Waals surface area contributed by atoms with Gasteiger partial charge in [-0.2, -0.15) is 0 Å². The van der Waals surface area contributed by atoms with Crippen LogP contribution in [0.15, 0.2) is 36.7 Å². The van der Waals surface area contributed by atoms with Gasteiger partial charge in [-0.25, -0.2) is 9.97 Å². The van der Waals surface area contributed by atoms with Gasteiger partial charge >= 0.3 is 0 Å². The molecule has 3 rings (SSSR count). The first kappa shape index (κ1) is 17.7. The molecule has 0 aliphatic carbocycles. The average molecular weight is 340 g/mol. The van der Waals surface area contributed by atoms with E-state index in [0.29, 0.717) is 5.92 Å². The first-order chi connectivity index (χ1) is 11.9. The van der Waals surface area contributed by atoms with Crippen molar-refractivity contribution in [1.29, 1.82) is 0 Å². The first-order valence-electron chi connectivity index (χ1n) is 8.94. The maximum Gasteiger partial charge on any atom is 0.134 e. The fourth-order valence-electron chi connectivity index (χ4n) is 3.41. The number of hydrogen-bond donors (Lipinski definition) is 2. The quantitative estimate of drug-likeness (QED) is 0.875. The molecule has 134 valence electrons. The predicted octanol–water partition coefficient (Wildman–Crippen LogP) is 3.25. The molecule has 0 radical (unpaired) electrons. The Morgan fingerprint density at radius 3 is 2.60 bits per heavy atom. The smallest absolute Gasteiger partial charge is 0.134 e. The standard InChI is InChI=1S/C20H28N4O/c1-14(2)17(12-25)23-18-9-19(22-13-21-18)24-11-16-8-6-5-7-15(16)10-20(24,3)4/h5-9,13-14,17,25H,10-12H2,1-4H3,(H,21,22,23)/t17-/m1/s1. The Labute approximate surface area is 150 Å². The molecule has 25 heavy (non-hydrogen) atoms. The molecular formula is C20H28N4O. The van der Waals surface area contributed by atoms with Crippen LogP contribution in [-0.4, -0.2) is 33.3 Å². The number of fused-ring (bicyclic) bond motifs is 1. The lowest BCUT2D eigenvalue weighted by atomic mass is 9.85. The number of aliphatic hydroxyl groups is 1. The second-order valence-corrected chi connectivity index (χ2v) is 7.78. The average Bonchev–Trinajstić information content (AvgIpc) is 2.58. The summed E-state index contributed by atoms with van der Waals surface area (Å²) in [5, 5.41) is 12.9. The van der Waals surface area contributed by atoms with Crippen molar-refractivity contribution < 1.29 is 5.11 Å². The van der Waals surface area contributed by atoms with Gasteiger partial charge in [0.15, 0.2) is 0 Å². The summed E-state index contributed by atoms with van der Waals surface area (Å²) in [7, 11) is 0. The Morgan fingerprint density at radius 1 is 1.20 bits per heavy atom. The molecule has 1 aliphatic heterocycles. The molecule has 0 bridgehead atoms. The van der Waals surface area contributed by atoms with Crippen molar-refractivity contribution in [2.75, 3.05) is 16.8 Å². The Kier molecular flexibility index (Phi) is 4.95. The molecule has 0 spiro atoms. The van der Waals surface area contributed by atoms with Crippen LogP contribution in [0.3, 0.4) is 0 Å². The fraction of sp³-hybridized carbons (Fsp3) is 0.500. The molecule has 1 aliphatic rings. The van der Waals surface area contributed by atoms with Crippen LogP contribution in [0.5, 0.6) is 0 Å². The fourth-order valence-corrected chi connectivity index (χ4v) is 3.41. The van der Waals surface area contributed by atoms with Gasteiger partial charge in [-0.3, -0.25) is 0 Å². The second-order valence-electron chi connectivity index (χ2n) is 7.78. The van der Waals surface area contributed by atoms with Crippen molar-refractivity contribution in [2.45, 2.75) is 52.2 Å². The summed E-state index contributed by atoms with van der Waals surface area (Å²) in [6, 6.07) is 10.6. The van der Waals surface area contributed by atoms with Crippen LogP contribution in [0.25, 0.3) is 0 Å². The molecule has 5 heteroatoms. The highest BCUT2D eigenvalue weighted by Gasteiger charge is 2.33. The van der Waals surface area contributed by atoms with E-state index < -0.39 is 0 Å².